The SMILES string of the molecule is C=CCN(Cn1nnc2ccccc21)C(=O)C1N([C@H](CO)c2ccccc2)C(=O)[C@@H]2[C@@H](C(=O)OCC)[C@@]3(C)CCC12S3. The topological polar surface area (TPSA) is 118 Å². The maximum absolute atomic E-state index is 14.8. The number of hydrogen-bond donors (Lipinski definition) is 1. The monoisotopic (exact) mass is 589 g/mol. The Morgan fingerprint density at radius 2 is 1.95 bits per heavy atom. The van der Waals surface area contributed by atoms with Gasteiger partial charge in [-0.25, -0.2) is 4.68 Å². The number of amides is 2. The first-order chi connectivity index (χ1) is 20.3. The molecule has 220 valence electrons. The molecule has 6 atom stereocenters. The van der Waals surface area contributed by atoms with Crippen molar-refractivity contribution >= 4 is 40.6 Å². The number of rotatable bonds is 10. The molecule has 3 aromatic rings. The van der Waals surface area contributed by atoms with Crippen molar-refractivity contribution < 1.29 is 24.2 Å². The molecule has 3 aliphatic heterocycles. The fourth-order valence-electron chi connectivity index (χ4n) is 7.33. The molecule has 2 bridgehead atoms. The van der Waals surface area contributed by atoms with E-state index in [1.807, 2.05) is 61.5 Å². The fraction of sp³-hybridized carbons (Fsp3) is 0.452. The first-order valence-corrected chi connectivity index (χ1v) is 15.1. The molecule has 0 aliphatic carbocycles. The van der Waals surface area contributed by atoms with Crippen LogP contribution in [0.25, 0.3) is 11.0 Å². The van der Waals surface area contributed by atoms with Crippen molar-refractivity contribution in [2.45, 2.75) is 54.9 Å². The van der Waals surface area contributed by atoms with E-state index in [9.17, 15) is 19.5 Å². The Morgan fingerprint density at radius 3 is 2.67 bits per heavy atom. The molecule has 2 unspecified atom stereocenters. The predicted octanol–water partition coefficient (Wildman–Crippen LogP) is 3.18. The lowest BCUT2D eigenvalue weighted by molar-refractivity contribution is -0.155. The molecule has 1 aromatic heterocycles. The number of para-hydroxylation sites is 1. The standard InChI is InChI=1S/C31H35N5O5S/c1-4-17-34(19-35-22-14-10-9-13-21(22)32-33-35)28(39)26-31-16-15-30(3,42-31)25(29(40)41-5-2)24(31)27(38)36(26)23(18-37)20-11-7-6-8-12-20/h4,6-14,23-26,37H,1,5,15-19H2,2-3H3/t23-,24+,25+,26?,30-,31?/m1/s1. The van der Waals surface area contributed by atoms with Crippen LogP contribution in [0.2, 0.25) is 0 Å². The van der Waals surface area contributed by atoms with Crippen molar-refractivity contribution in [3.8, 4) is 0 Å². The Hall–Kier alpha value is -3.70. The van der Waals surface area contributed by atoms with Gasteiger partial charge in [0.05, 0.1) is 41.4 Å². The second-order valence-electron chi connectivity index (χ2n) is 11.4. The van der Waals surface area contributed by atoms with Gasteiger partial charge in [0.2, 0.25) is 11.8 Å². The van der Waals surface area contributed by atoms with E-state index < -0.39 is 39.4 Å². The summed E-state index contributed by atoms with van der Waals surface area (Å²) in [6, 6.07) is 15.1. The number of benzene rings is 2. The molecular weight excluding hydrogens is 554 g/mol. The van der Waals surface area contributed by atoms with Crippen LogP contribution in [0.15, 0.2) is 67.3 Å². The molecule has 2 aromatic carbocycles. The lowest BCUT2D eigenvalue weighted by Crippen LogP contribution is -2.55. The average molecular weight is 590 g/mol. The molecular formula is C31H35N5O5S. The first kappa shape index (κ1) is 28.4. The third-order valence-corrected chi connectivity index (χ3v) is 11.1. The molecule has 42 heavy (non-hydrogen) atoms. The maximum atomic E-state index is 14.8. The zero-order valence-corrected chi connectivity index (χ0v) is 24.6. The van der Waals surface area contributed by atoms with Gasteiger partial charge >= 0.3 is 5.97 Å². The quantitative estimate of drug-likeness (QED) is 0.283. The van der Waals surface area contributed by atoms with Crippen molar-refractivity contribution in [2.75, 3.05) is 19.8 Å². The van der Waals surface area contributed by atoms with E-state index in [-0.39, 0.29) is 38.2 Å². The highest BCUT2D eigenvalue weighted by atomic mass is 32.2. The second-order valence-corrected chi connectivity index (χ2v) is 13.3. The zero-order valence-electron chi connectivity index (χ0n) is 23.8. The predicted molar refractivity (Wildman–Crippen MR) is 158 cm³/mol. The summed E-state index contributed by atoms with van der Waals surface area (Å²) in [5.74, 6) is -2.41. The molecule has 4 heterocycles. The van der Waals surface area contributed by atoms with Crippen molar-refractivity contribution in [1.82, 2.24) is 24.8 Å². The minimum absolute atomic E-state index is 0.100. The summed E-state index contributed by atoms with van der Waals surface area (Å²) in [4.78, 5) is 46.0. The Balaban J connectivity index is 1.46. The Kier molecular flexibility index (Phi) is 7.34. The van der Waals surface area contributed by atoms with E-state index in [1.54, 1.807) is 39.2 Å². The number of likely N-dealkylation sites (tertiary alicyclic amines) is 1. The van der Waals surface area contributed by atoms with Crippen LogP contribution in [-0.2, 0) is 25.8 Å². The van der Waals surface area contributed by atoms with E-state index in [0.717, 1.165) is 11.1 Å². The Morgan fingerprint density at radius 1 is 1.21 bits per heavy atom. The number of aliphatic hydroxyl groups is 1. The van der Waals surface area contributed by atoms with Crippen LogP contribution in [0.5, 0.6) is 0 Å². The lowest BCUT2D eigenvalue weighted by atomic mass is 9.66. The summed E-state index contributed by atoms with van der Waals surface area (Å²) in [5, 5.41) is 19.2. The number of hydrogen-bond acceptors (Lipinski definition) is 8. The number of carbonyl (C=O) groups excluding carboxylic acids is 3. The minimum atomic E-state index is -0.923. The smallest absolute Gasteiger partial charge is 0.311 e. The summed E-state index contributed by atoms with van der Waals surface area (Å²) in [5.41, 5.74) is 2.20. The summed E-state index contributed by atoms with van der Waals surface area (Å²) in [6.45, 7) is 7.80. The summed E-state index contributed by atoms with van der Waals surface area (Å²) in [6.07, 6.45) is 2.91. The van der Waals surface area contributed by atoms with Gasteiger partial charge in [0.15, 0.2) is 0 Å². The van der Waals surface area contributed by atoms with Gasteiger partial charge in [-0.3, -0.25) is 14.4 Å². The first-order valence-electron chi connectivity index (χ1n) is 14.3. The fourth-order valence-corrected chi connectivity index (χ4v) is 9.65. The number of ether oxygens (including phenoxy) is 1. The maximum Gasteiger partial charge on any atom is 0.311 e. The molecule has 0 saturated carbocycles. The molecule has 1 N–H and O–H groups in total. The highest BCUT2D eigenvalue weighted by Crippen LogP contribution is 2.72. The number of esters is 1. The highest BCUT2D eigenvalue weighted by molar-refractivity contribution is 8.02. The Labute approximate surface area is 248 Å². The third kappa shape index (κ3) is 4.24. The number of aliphatic hydroxyl groups excluding tert-OH is 1. The molecule has 3 aliphatic rings. The van der Waals surface area contributed by atoms with Crippen LogP contribution in [0, 0.1) is 11.8 Å². The lowest BCUT2D eigenvalue weighted by Gasteiger charge is -2.39. The highest BCUT2D eigenvalue weighted by Gasteiger charge is 2.78. The van der Waals surface area contributed by atoms with Gasteiger partial charge in [0, 0.05) is 11.3 Å². The van der Waals surface area contributed by atoms with Crippen LogP contribution in [-0.4, -0.2) is 83.0 Å². The van der Waals surface area contributed by atoms with Crippen molar-refractivity contribution in [3.63, 3.8) is 0 Å². The third-order valence-electron chi connectivity index (χ3n) is 9.07. The van der Waals surface area contributed by atoms with Crippen molar-refractivity contribution in [3.05, 3.63) is 72.8 Å². The number of carbonyl (C=O) groups is 3. The molecule has 0 radical (unpaired) electrons. The van der Waals surface area contributed by atoms with Gasteiger partial charge in [0.25, 0.3) is 0 Å². The van der Waals surface area contributed by atoms with Crippen LogP contribution < -0.4 is 0 Å². The van der Waals surface area contributed by atoms with E-state index in [0.29, 0.717) is 18.4 Å². The van der Waals surface area contributed by atoms with Crippen LogP contribution in [0.1, 0.15) is 38.3 Å². The zero-order chi connectivity index (χ0) is 29.6. The number of nitrogens with zero attached hydrogens (tertiary/aromatic N) is 5. The van der Waals surface area contributed by atoms with Crippen molar-refractivity contribution in [2.24, 2.45) is 11.8 Å². The van der Waals surface area contributed by atoms with Gasteiger partial charge in [-0.2, -0.15) is 0 Å². The molecule has 11 heteroatoms. The second kappa shape index (κ2) is 10.9. The average Bonchev–Trinajstić information content (AvgIpc) is 3.70. The number of fused-ring (bicyclic) bond motifs is 2. The number of aromatic nitrogens is 3. The summed E-state index contributed by atoms with van der Waals surface area (Å²) in [7, 11) is 0. The molecule has 3 saturated heterocycles. The number of thioether (sulfide) groups is 1. The molecule has 10 nitrogen and oxygen atoms in total. The van der Waals surface area contributed by atoms with Crippen LogP contribution >= 0.6 is 11.8 Å². The largest absolute Gasteiger partial charge is 0.466 e. The molecule has 3 fully saturated rings. The normalized spacial score (nSPS) is 28.6. The Bertz CT molecular complexity index is 1530. The van der Waals surface area contributed by atoms with Crippen LogP contribution in [0.3, 0.4) is 0 Å². The van der Waals surface area contributed by atoms with Gasteiger partial charge in [-0.1, -0.05) is 53.8 Å². The summed E-state index contributed by atoms with van der Waals surface area (Å²) >= 11 is 1.57. The molecule has 6 rings (SSSR count). The minimum Gasteiger partial charge on any atom is -0.466 e. The van der Waals surface area contributed by atoms with E-state index >= 15 is 0 Å². The van der Waals surface area contributed by atoms with Gasteiger partial charge in [-0.05, 0) is 44.4 Å². The van der Waals surface area contributed by atoms with E-state index in [1.165, 1.54) is 0 Å². The van der Waals surface area contributed by atoms with Gasteiger partial charge in [0.1, 0.15) is 18.2 Å². The van der Waals surface area contributed by atoms with Crippen molar-refractivity contribution in [1.29, 1.82) is 0 Å². The summed E-state index contributed by atoms with van der Waals surface area (Å²) < 4.78 is 5.77. The van der Waals surface area contributed by atoms with Crippen LogP contribution in [0.4, 0.5) is 0 Å². The molecule has 1 spiro atoms. The van der Waals surface area contributed by atoms with E-state index in [2.05, 4.69) is 16.9 Å². The van der Waals surface area contributed by atoms with Gasteiger partial charge in [-0.15, -0.1) is 23.4 Å². The van der Waals surface area contributed by atoms with E-state index in [4.69, 9.17) is 4.74 Å². The van der Waals surface area contributed by atoms with Gasteiger partial charge < -0.3 is 19.6 Å². The molecule has 2 amide bonds.